The molecule has 2 fully saturated rings. The molecule has 2 aliphatic carbocycles. The zero-order chi connectivity index (χ0) is 13.5. The Labute approximate surface area is 115 Å². The van der Waals surface area contributed by atoms with Crippen molar-refractivity contribution in [3.8, 4) is 5.75 Å². The first-order chi connectivity index (χ1) is 9.09. The van der Waals surface area contributed by atoms with E-state index in [1.165, 1.54) is 19.3 Å². The first-order valence-electron chi connectivity index (χ1n) is 7.59. The topological polar surface area (TPSA) is 29.5 Å². The molecule has 0 aliphatic heterocycles. The van der Waals surface area contributed by atoms with Crippen LogP contribution < -0.4 is 4.74 Å². The Hall–Kier alpha value is -1.02. The van der Waals surface area contributed by atoms with Crippen molar-refractivity contribution in [3.63, 3.8) is 0 Å². The van der Waals surface area contributed by atoms with Gasteiger partial charge in [-0.05, 0) is 55.2 Å². The van der Waals surface area contributed by atoms with Crippen LogP contribution in [0.15, 0.2) is 24.3 Å². The molecule has 0 heterocycles. The molecule has 0 aromatic heterocycles. The van der Waals surface area contributed by atoms with E-state index < -0.39 is 5.60 Å². The predicted octanol–water partition coefficient (Wildman–Crippen LogP) is 3.87. The van der Waals surface area contributed by atoms with Crippen LogP contribution in [0, 0.1) is 11.8 Å². The minimum atomic E-state index is -0.680. The molecule has 2 heteroatoms. The van der Waals surface area contributed by atoms with Gasteiger partial charge in [0.25, 0.3) is 0 Å². The van der Waals surface area contributed by atoms with E-state index in [1.807, 2.05) is 24.3 Å². The van der Waals surface area contributed by atoms with Gasteiger partial charge < -0.3 is 9.84 Å². The smallest absolute Gasteiger partial charge is 0.120 e. The molecule has 2 nitrogen and oxygen atoms in total. The molecule has 1 aromatic rings. The highest BCUT2D eigenvalue weighted by atomic mass is 16.5. The summed E-state index contributed by atoms with van der Waals surface area (Å²) in [6.45, 7) is 4.43. The average molecular weight is 260 g/mol. The normalized spacial score (nSPS) is 35.1. The number of benzene rings is 1. The lowest BCUT2D eigenvalue weighted by Crippen LogP contribution is -2.40. The van der Waals surface area contributed by atoms with Gasteiger partial charge in [0.15, 0.2) is 0 Å². The summed E-state index contributed by atoms with van der Waals surface area (Å²) in [4.78, 5) is 0. The highest BCUT2D eigenvalue weighted by Gasteiger charge is 2.41. The largest absolute Gasteiger partial charge is 0.490 e. The van der Waals surface area contributed by atoms with E-state index in [-0.39, 0.29) is 0 Å². The van der Waals surface area contributed by atoms with E-state index >= 15 is 0 Å². The van der Waals surface area contributed by atoms with E-state index in [4.69, 9.17) is 4.74 Å². The van der Waals surface area contributed by atoms with E-state index in [0.29, 0.717) is 17.9 Å². The molecule has 19 heavy (non-hydrogen) atoms. The van der Waals surface area contributed by atoms with Gasteiger partial charge in [-0.3, -0.25) is 0 Å². The molecule has 0 saturated heterocycles. The summed E-state index contributed by atoms with van der Waals surface area (Å²) in [7, 11) is 0. The van der Waals surface area contributed by atoms with Crippen molar-refractivity contribution >= 4 is 0 Å². The first-order valence-corrected chi connectivity index (χ1v) is 7.59. The fraction of sp³-hybridized carbons (Fsp3) is 0.647. The van der Waals surface area contributed by atoms with Gasteiger partial charge in [0.05, 0.1) is 11.7 Å². The summed E-state index contributed by atoms with van der Waals surface area (Å²) >= 11 is 0. The van der Waals surface area contributed by atoms with Crippen LogP contribution in [0.4, 0.5) is 0 Å². The molecular weight excluding hydrogens is 236 g/mol. The molecule has 104 valence electrons. The number of hydrogen-bond donors (Lipinski definition) is 1. The van der Waals surface area contributed by atoms with Crippen LogP contribution in [-0.2, 0) is 5.60 Å². The molecule has 0 spiro atoms. The summed E-state index contributed by atoms with van der Waals surface area (Å²) in [5, 5.41) is 11.1. The van der Waals surface area contributed by atoms with Gasteiger partial charge >= 0.3 is 0 Å². The lowest BCUT2D eigenvalue weighted by Gasteiger charge is -2.42. The summed E-state index contributed by atoms with van der Waals surface area (Å²) in [6, 6.07) is 8.11. The molecular formula is C17H24O2. The van der Waals surface area contributed by atoms with Crippen molar-refractivity contribution in [2.45, 2.75) is 57.7 Å². The third kappa shape index (κ3) is 2.51. The Kier molecular flexibility index (Phi) is 3.30. The highest BCUT2D eigenvalue weighted by Crippen LogP contribution is 2.45. The molecule has 2 saturated carbocycles. The monoisotopic (exact) mass is 260 g/mol. The Morgan fingerprint density at radius 2 is 2.00 bits per heavy atom. The van der Waals surface area contributed by atoms with Gasteiger partial charge in [-0.15, -0.1) is 0 Å². The van der Waals surface area contributed by atoms with Gasteiger partial charge in [-0.2, -0.15) is 0 Å². The van der Waals surface area contributed by atoms with E-state index in [2.05, 4.69) is 13.8 Å². The first kappa shape index (κ1) is 13.0. The SMILES string of the molecule is CC1CCCC(O)(c2cccc(OC3CC3)c2)C1C. The maximum atomic E-state index is 11.1. The zero-order valence-corrected chi connectivity index (χ0v) is 11.9. The Morgan fingerprint density at radius 1 is 1.21 bits per heavy atom. The lowest BCUT2D eigenvalue weighted by molar-refractivity contribution is -0.0689. The molecule has 3 unspecified atom stereocenters. The van der Waals surface area contributed by atoms with Crippen LogP contribution in [0.3, 0.4) is 0 Å². The Balaban J connectivity index is 1.86. The van der Waals surface area contributed by atoms with Crippen molar-refractivity contribution in [2.24, 2.45) is 11.8 Å². The molecule has 1 aromatic carbocycles. The number of hydrogen-bond acceptors (Lipinski definition) is 2. The molecule has 3 rings (SSSR count). The average Bonchev–Trinajstić information content (AvgIpc) is 3.20. The second kappa shape index (κ2) is 4.82. The number of rotatable bonds is 3. The molecule has 2 aliphatic rings. The molecule has 0 amide bonds. The predicted molar refractivity (Wildman–Crippen MR) is 76.2 cm³/mol. The maximum Gasteiger partial charge on any atom is 0.120 e. The van der Waals surface area contributed by atoms with Crippen molar-refractivity contribution in [3.05, 3.63) is 29.8 Å². The van der Waals surface area contributed by atoms with Gasteiger partial charge in [0.2, 0.25) is 0 Å². The second-order valence-electron chi connectivity index (χ2n) is 6.43. The molecule has 0 radical (unpaired) electrons. The van der Waals surface area contributed by atoms with Crippen LogP contribution in [0.25, 0.3) is 0 Å². The summed E-state index contributed by atoms with van der Waals surface area (Å²) in [5.41, 5.74) is 0.352. The van der Waals surface area contributed by atoms with Gasteiger partial charge in [-0.25, -0.2) is 0 Å². The van der Waals surface area contributed by atoms with Gasteiger partial charge in [0.1, 0.15) is 5.75 Å². The minimum Gasteiger partial charge on any atom is -0.490 e. The fourth-order valence-corrected chi connectivity index (χ4v) is 3.27. The fourth-order valence-electron chi connectivity index (χ4n) is 3.27. The van der Waals surface area contributed by atoms with E-state index in [0.717, 1.165) is 24.2 Å². The lowest BCUT2D eigenvalue weighted by atomic mass is 9.67. The van der Waals surface area contributed by atoms with Crippen LogP contribution in [0.5, 0.6) is 5.75 Å². The standard InChI is InChI=1S/C17H24O2/c1-12-5-4-10-17(18,13(12)2)14-6-3-7-16(11-14)19-15-8-9-15/h3,6-7,11-13,15,18H,4-5,8-10H2,1-2H3. The van der Waals surface area contributed by atoms with Crippen LogP contribution in [-0.4, -0.2) is 11.2 Å². The maximum absolute atomic E-state index is 11.1. The van der Waals surface area contributed by atoms with Crippen LogP contribution in [0.2, 0.25) is 0 Å². The number of aliphatic hydroxyl groups is 1. The Bertz CT molecular complexity index is 452. The zero-order valence-electron chi connectivity index (χ0n) is 11.9. The highest BCUT2D eigenvalue weighted by molar-refractivity contribution is 5.33. The van der Waals surface area contributed by atoms with Gasteiger partial charge in [-0.1, -0.05) is 32.4 Å². The molecule has 0 bridgehead atoms. The Morgan fingerprint density at radius 3 is 2.74 bits per heavy atom. The third-order valence-corrected chi connectivity index (χ3v) is 4.99. The van der Waals surface area contributed by atoms with Crippen molar-refractivity contribution < 1.29 is 9.84 Å². The van der Waals surface area contributed by atoms with Crippen molar-refractivity contribution in [1.82, 2.24) is 0 Å². The van der Waals surface area contributed by atoms with Crippen LogP contribution in [0.1, 0.15) is 51.5 Å². The van der Waals surface area contributed by atoms with E-state index in [9.17, 15) is 5.11 Å². The number of ether oxygens (including phenoxy) is 1. The van der Waals surface area contributed by atoms with Gasteiger partial charge in [0, 0.05) is 0 Å². The second-order valence-corrected chi connectivity index (χ2v) is 6.43. The minimum absolute atomic E-state index is 0.303. The summed E-state index contributed by atoms with van der Waals surface area (Å²) in [5.74, 6) is 1.79. The molecule has 3 atom stereocenters. The summed E-state index contributed by atoms with van der Waals surface area (Å²) in [6.07, 6.45) is 5.94. The van der Waals surface area contributed by atoms with Crippen molar-refractivity contribution in [1.29, 1.82) is 0 Å². The molecule has 1 N–H and O–H groups in total. The summed E-state index contributed by atoms with van der Waals surface area (Å²) < 4.78 is 5.85. The van der Waals surface area contributed by atoms with Crippen LogP contribution >= 0.6 is 0 Å². The van der Waals surface area contributed by atoms with Crippen molar-refractivity contribution in [2.75, 3.05) is 0 Å². The van der Waals surface area contributed by atoms with E-state index in [1.54, 1.807) is 0 Å². The quantitative estimate of drug-likeness (QED) is 0.894. The third-order valence-electron chi connectivity index (χ3n) is 4.99.